The van der Waals surface area contributed by atoms with Crippen molar-refractivity contribution in [3.05, 3.63) is 0 Å². The largest absolute Gasteiger partial charge is 0.378 e. The minimum absolute atomic E-state index is 0.0386. The van der Waals surface area contributed by atoms with E-state index in [2.05, 4.69) is 70.8 Å². The van der Waals surface area contributed by atoms with Gasteiger partial charge in [0.1, 0.15) is 0 Å². The topological polar surface area (TPSA) is 46.2 Å². The van der Waals surface area contributed by atoms with Gasteiger partial charge in [0, 0.05) is 48.6 Å². The van der Waals surface area contributed by atoms with Crippen LogP contribution in [0.15, 0.2) is 0 Å². The molecule has 29 heavy (non-hydrogen) atoms. The molecule has 0 aliphatic carbocycles. The van der Waals surface area contributed by atoms with Crippen LogP contribution in [0.4, 0.5) is 0 Å². The molecule has 0 aromatic carbocycles. The summed E-state index contributed by atoms with van der Waals surface area (Å²) in [5.41, 5.74) is 0.0511. The highest BCUT2D eigenvalue weighted by Crippen LogP contribution is 2.39. The predicted molar refractivity (Wildman–Crippen MR) is 117 cm³/mol. The molecule has 5 atom stereocenters. The van der Waals surface area contributed by atoms with Crippen LogP contribution in [0.1, 0.15) is 41.5 Å². The fourth-order valence-electron chi connectivity index (χ4n) is 5.41. The maximum atomic E-state index is 6.56. The second-order valence-electron chi connectivity index (χ2n) is 11.1. The average molecular weight is 412 g/mol. The number of hydrogen-bond donors (Lipinski definition) is 1. The molecule has 1 N–H and O–H groups in total. The van der Waals surface area contributed by atoms with Crippen molar-refractivity contribution < 1.29 is 14.2 Å². The van der Waals surface area contributed by atoms with Gasteiger partial charge in [-0.2, -0.15) is 0 Å². The van der Waals surface area contributed by atoms with Crippen LogP contribution in [0.25, 0.3) is 0 Å². The van der Waals surface area contributed by atoms with Gasteiger partial charge in [-0.15, -0.1) is 0 Å². The molecular formula is C23H45N3O3. The third kappa shape index (κ3) is 4.83. The van der Waals surface area contributed by atoms with Crippen LogP contribution < -0.4 is 5.32 Å². The van der Waals surface area contributed by atoms with Gasteiger partial charge in [-0.1, -0.05) is 41.5 Å². The lowest BCUT2D eigenvalue weighted by atomic mass is 9.73. The molecule has 0 aromatic heterocycles. The van der Waals surface area contributed by atoms with Gasteiger partial charge in [0.05, 0.1) is 38.6 Å². The number of ether oxygens (including phenoxy) is 3. The number of nitrogens with one attached hydrogen (secondary N) is 1. The van der Waals surface area contributed by atoms with Crippen molar-refractivity contribution in [2.24, 2.45) is 16.7 Å². The molecule has 170 valence electrons. The third-order valence-electron chi connectivity index (χ3n) is 8.06. The second kappa shape index (κ2) is 9.09. The van der Waals surface area contributed by atoms with E-state index < -0.39 is 0 Å². The number of hydrogen-bond acceptors (Lipinski definition) is 6. The Hall–Kier alpha value is -0.240. The molecule has 3 heterocycles. The molecule has 3 saturated heterocycles. The lowest BCUT2D eigenvalue weighted by molar-refractivity contribution is -0.180. The van der Waals surface area contributed by atoms with Gasteiger partial charge in [0.15, 0.2) is 0 Å². The molecule has 0 spiro atoms. The molecule has 6 nitrogen and oxygen atoms in total. The van der Waals surface area contributed by atoms with E-state index in [-0.39, 0.29) is 23.0 Å². The molecule has 3 fully saturated rings. The SMILES string of the molecule is CC(C)C1COC(C(C)(C)C2CN(C)C(C(C)(C)C3COCCN3C)CO2)CN1. The Balaban J connectivity index is 1.61. The van der Waals surface area contributed by atoms with Crippen LogP contribution in [0.3, 0.4) is 0 Å². The van der Waals surface area contributed by atoms with Gasteiger partial charge in [0.2, 0.25) is 0 Å². The first kappa shape index (κ1) is 23.4. The van der Waals surface area contributed by atoms with Gasteiger partial charge in [-0.25, -0.2) is 0 Å². The molecule has 6 heteroatoms. The zero-order valence-corrected chi connectivity index (χ0v) is 20.0. The van der Waals surface area contributed by atoms with Gasteiger partial charge < -0.3 is 19.5 Å². The number of nitrogens with zero attached hydrogens (tertiary/aromatic N) is 2. The minimum atomic E-state index is -0.0386. The molecule has 0 radical (unpaired) electrons. The Bertz CT molecular complexity index is 531. The Kier molecular flexibility index (Phi) is 7.34. The van der Waals surface area contributed by atoms with E-state index in [0.29, 0.717) is 24.0 Å². The van der Waals surface area contributed by atoms with E-state index in [4.69, 9.17) is 14.2 Å². The first-order valence-corrected chi connectivity index (χ1v) is 11.5. The van der Waals surface area contributed by atoms with Crippen LogP contribution in [0.2, 0.25) is 0 Å². The van der Waals surface area contributed by atoms with Crippen molar-refractivity contribution in [3.63, 3.8) is 0 Å². The smallest absolute Gasteiger partial charge is 0.0778 e. The Labute approximate surface area is 178 Å². The summed E-state index contributed by atoms with van der Waals surface area (Å²) in [7, 11) is 4.48. The van der Waals surface area contributed by atoms with Gasteiger partial charge >= 0.3 is 0 Å². The monoisotopic (exact) mass is 411 g/mol. The molecule has 0 aromatic rings. The van der Waals surface area contributed by atoms with Crippen molar-refractivity contribution in [1.29, 1.82) is 0 Å². The first-order chi connectivity index (χ1) is 13.5. The molecule has 0 bridgehead atoms. The molecule has 3 aliphatic heterocycles. The van der Waals surface area contributed by atoms with Gasteiger partial charge in [0.25, 0.3) is 0 Å². The number of likely N-dealkylation sites (N-methyl/N-ethyl adjacent to an activating group) is 2. The quantitative estimate of drug-likeness (QED) is 0.747. The van der Waals surface area contributed by atoms with E-state index in [1.165, 1.54) is 0 Å². The van der Waals surface area contributed by atoms with Crippen LogP contribution in [0.5, 0.6) is 0 Å². The summed E-state index contributed by atoms with van der Waals surface area (Å²) in [4.78, 5) is 4.98. The van der Waals surface area contributed by atoms with Gasteiger partial charge in [-0.3, -0.25) is 9.80 Å². The van der Waals surface area contributed by atoms with E-state index in [0.717, 1.165) is 46.1 Å². The number of rotatable bonds is 5. The minimum Gasteiger partial charge on any atom is -0.378 e. The fraction of sp³-hybridized carbons (Fsp3) is 1.00. The predicted octanol–water partition coefficient (Wildman–Crippen LogP) is 2.08. The second-order valence-corrected chi connectivity index (χ2v) is 11.1. The normalized spacial score (nSPS) is 36.5. The molecule has 0 amide bonds. The zero-order chi connectivity index (χ0) is 21.4. The Morgan fingerprint density at radius 1 is 0.862 bits per heavy atom. The summed E-state index contributed by atoms with van der Waals surface area (Å²) in [6, 6.07) is 1.24. The highest BCUT2D eigenvalue weighted by molar-refractivity contribution is 5.01. The molecular weight excluding hydrogens is 366 g/mol. The lowest BCUT2D eigenvalue weighted by Gasteiger charge is -2.54. The summed E-state index contributed by atoms with van der Waals surface area (Å²) in [6.45, 7) is 19.9. The standard InChI is InChI=1S/C23H45N3O3/c1-16(2)17-13-28-20(11-24-17)23(5,6)21-12-26(8)19(15-29-21)22(3,4)18-14-27-10-9-25(18)7/h16-21,24H,9-15H2,1-8H3. The van der Waals surface area contributed by atoms with E-state index in [9.17, 15) is 0 Å². The van der Waals surface area contributed by atoms with E-state index in [1.54, 1.807) is 0 Å². The summed E-state index contributed by atoms with van der Waals surface area (Å²) >= 11 is 0. The molecule has 5 unspecified atom stereocenters. The van der Waals surface area contributed by atoms with Crippen LogP contribution in [0, 0.1) is 16.7 Å². The zero-order valence-electron chi connectivity index (χ0n) is 20.0. The van der Waals surface area contributed by atoms with Crippen molar-refractivity contribution >= 4 is 0 Å². The highest BCUT2D eigenvalue weighted by Gasteiger charge is 2.49. The van der Waals surface area contributed by atoms with Crippen molar-refractivity contribution in [2.45, 2.75) is 71.9 Å². The average Bonchev–Trinajstić information content (AvgIpc) is 2.68. The summed E-state index contributed by atoms with van der Waals surface area (Å²) in [5.74, 6) is 0.598. The maximum absolute atomic E-state index is 6.56. The van der Waals surface area contributed by atoms with Crippen LogP contribution >= 0.6 is 0 Å². The fourth-order valence-corrected chi connectivity index (χ4v) is 5.41. The number of morpholine rings is 3. The van der Waals surface area contributed by atoms with Crippen molar-refractivity contribution in [1.82, 2.24) is 15.1 Å². The lowest BCUT2D eigenvalue weighted by Crippen LogP contribution is -2.65. The third-order valence-corrected chi connectivity index (χ3v) is 8.06. The Morgan fingerprint density at radius 3 is 2.07 bits per heavy atom. The van der Waals surface area contributed by atoms with Crippen molar-refractivity contribution in [3.8, 4) is 0 Å². The maximum Gasteiger partial charge on any atom is 0.0778 e. The Morgan fingerprint density at radius 2 is 1.52 bits per heavy atom. The van der Waals surface area contributed by atoms with Crippen LogP contribution in [-0.2, 0) is 14.2 Å². The van der Waals surface area contributed by atoms with Crippen LogP contribution in [-0.4, -0.2) is 100 Å². The van der Waals surface area contributed by atoms with E-state index >= 15 is 0 Å². The molecule has 3 rings (SSSR count). The molecule has 0 saturated carbocycles. The first-order valence-electron chi connectivity index (χ1n) is 11.5. The molecule has 3 aliphatic rings. The van der Waals surface area contributed by atoms with E-state index in [1.807, 2.05) is 0 Å². The summed E-state index contributed by atoms with van der Waals surface area (Å²) < 4.78 is 18.7. The highest BCUT2D eigenvalue weighted by atomic mass is 16.5. The van der Waals surface area contributed by atoms with Crippen molar-refractivity contribution in [2.75, 3.05) is 60.2 Å². The summed E-state index contributed by atoms with van der Waals surface area (Å²) in [6.07, 6.45) is 0.348. The summed E-state index contributed by atoms with van der Waals surface area (Å²) in [5, 5.41) is 3.69. The van der Waals surface area contributed by atoms with Gasteiger partial charge in [-0.05, 0) is 20.0 Å².